The first-order valence-electron chi connectivity index (χ1n) is 8.77. The van der Waals surface area contributed by atoms with Gasteiger partial charge in [-0.05, 0) is 30.5 Å². The molecule has 7 heteroatoms. The highest BCUT2D eigenvalue weighted by atomic mass is 16.4. The molecule has 0 bridgehead atoms. The fourth-order valence-corrected chi connectivity index (χ4v) is 3.00. The molecule has 1 aliphatic carbocycles. The fourth-order valence-electron chi connectivity index (χ4n) is 3.00. The molecule has 2 fully saturated rings. The Morgan fingerprint density at radius 3 is 2.77 bits per heavy atom. The number of hydrogen-bond donors (Lipinski definition) is 0. The van der Waals surface area contributed by atoms with Crippen molar-refractivity contribution in [1.29, 1.82) is 5.26 Å². The van der Waals surface area contributed by atoms with Gasteiger partial charge in [0.15, 0.2) is 0 Å². The lowest BCUT2D eigenvalue weighted by Gasteiger charge is -2.34. The third-order valence-corrected chi connectivity index (χ3v) is 4.64. The molecule has 0 unspecified atom stereocenters. The van der Waals surface area contributed by atoms with E-state index in [1.807, 2.05) is 17.0 Å². The number of amides is 1. The summed E-state index contributed by atoms with van der Waals surface area (Å²) < 4.78 is 5.84. The van der Waals surface area contributed by atoms with Crippen LogP contribution in [0.25, 0.3) is 6.08 Å². The lowest BCUT2D eigenvalue weighted by molar-refractivity contribution is -0.126. The summed E-state index contributed by atoms with van der Waals surface area (Å²) in [6.07, 6.45) is 8.92. The van der Waals surface area contributed by atoms with Crippen molar-refractivity contribution < 1.29 is 9.21 Å². The molecule has 0 radical (unpaired) electrons. The van der Waals surface area contributed by atoms with E-state index in [4.69, 9.17) is 4.42 Å². The van der Waals surface area contributed by atoms with E-state index in [2.05, 4.69) is 16.0 Å². The average molecular weight is 349 g/mol. The zero-order valence-electron chi connectivity index (χ0n) is 14.3. The Kier molecular flexibility index (Phi) is 4.40. The first-order chi connectivity index (χ1) is 12.7. The number of rotatable bonds is 4. The van der Waals surface area contributed by atoms with Crippen molar-refractivity contribution in [2.45, 2.75) is 18.8 Å². The minimum Gasteiger partial charge on any atom is -0.423 e. The molecule has 0 N–H and O–H groups in total. The van der Waals surface area contributed by atoms with Gasteiger partial charge in [0.1, 0.15) is 6.07 Å². The van der Waals surface area contributed by atoms with Gasteiger partial charge in [-0.1, -0.05) is 6.07 Å². The van der Waals surface area contributed by atoms with Gasteiger partial charge >= 0.3 is 0 Å². The van der Waals surface area contributed by atoms with Crippen LogP contribution in [0.5, 0.6) is 0 Å². The van der Waals surface area contributed by atoms with Gasteiger partial charge in [-0.2, -0.15) is 5.26 Å². The average Bonchev–Trinajstić information content (AvgIpc) is 3.46. The quantitative estimate of drug-likeness (QED) is 0.787. The van der Waals surface area contributed by atoms with Gasteiger partial charge in [0.2, 0.25) is 23.4 Å². The van der Waals surface area contributed by atoms with Crippen molar-refractivity contribution in [1.82, 2.24) is 14.9 Å². The molecule has 2 aromatic rings. The van der Waals surface area contributed by atoms with E-state index in [1.54, 1.807) is 29.4 Å². The molecule has 132 valence electrons. The molecule has 0 spiro atoms. The van der Waals surface area contributed by atoms with Crippen molar-refractivity contribution in [3.63, 3.8) is 0 Å². The summed E-state index contributed by atoms with van der Waals surface area (Å²) in [4.78, 5) is 24.5. The molecule has 2 aromatic heterocycles. The zero-order chi connectivity index (χ0) is 17.9. The SMILES string of the molecule is N#Cc1nc(C2CC2)oc1N1CCN(C(=O)/C=C/c2cccnc2)CC1. The third kappa shape index (κ3) is 3.45. The Labute approximate surface area is 151 Å². The number of pyridine rings is 1. The van der Waals surface area contributed by atoms with Crippen LogP contribution >= 0.6 is 0 Å². The summed E-state index contributed by atoms with van der Waals surface area (Å²) in [5, 5.41) is 9.31. The van der Waals surface area contributed by atoms with E-state index in [0.717, 1.165) is 18.4 Å². The number of aromatic nitrogens is 2. The molecule has 1 saturated carbocycles. The minimum atomic E-state index is -0.0229. The van der Waals surface area contributed by atoms with E-state index < -0.39 is 0 Å². The van der Waals surface area contributed by atoms with Gasteiger partial charge in [-0.25, -0.2) is 4.98 Å². The number of nitrogens with zero attached hydrogens (tertiary/aromatic N) is 5. The Hall–Kier alpha value is -3.14. The lowest BCUT2D eigenvalue weighted by Crippen LogP contribution is -2.48. The van der Waals surface area contributed by atoms with Gasteiger partial charge < -0.3 is 14.2 Å². The summed E-state index contributed by atoms with van der Waals surface area (Å²) in [5.41, 5.74) is 1.25. The maximum atomic E-state index is 12.4. The molecular formula is C19H19N5O2. The standard InChI is InChI=1S/C19H19N5O2/c20-12-16-19(26-18(22-16)15-4-5-15)24-10-8-23(9-11-24)17(25)6-3-14-2-1-7-21-13-14/h1-3,6-7,13,15H,4-5,8-11H2/b6-3+. The largest absolute Gasteiger partial charge is 0.423 e. The highest BCUT2D eigenvalue weighted by Crippen LogP contribution is 2.41. The predicted molar refractivity (Wildman–Crippen MR) is 95.3 cm³/mol. The van der Waals surface area contributed by atoms with Crippen LogP contribution in [0.4, 0.5) is 5.88 Å². The van der Waals surface area contributed by atoms with Crippen molar-refractivity contribution in [3.8, 4) is 6.07 Å². The Morgan fingerprint density at radius 2 is 2.12 bits per heavy atom. The minimum absolute atomic E-state index is 0.0229. The predicted octanol–water partition coefficient (Wildman–Crippen LogP) is 2.18. The van der Waals surface area contributed by atoms with Gasteiger partial charge in [0.25, 0.3) is 0 Å². The van der Waals surface area contributed by atoms with Crippen molar-refractivity contribution in [3.05, 3.63) is 47.8 Å². The van der Waals surface area contributed by atoms with E-state index >= 15 is 0 Å². The molecule has 2 aliphatic rings. The fraction of sp³-hybridized carbons (Fsp3) is 0.368. The summed E-state index contributed by atoms with van der Waals surface area (Å²) >= 11 is 0. The smallest absolute Gasteiger partial charge is 0.246 e. The molecule has 0 aromatic carbocycles. The van der Waals surface area contributed by atoms with Gasteiger partial charge in [0.05, 0.1) is 0 Å². The van der Waals surface area contributed by atoms with Crippen LogP contribution in [0.2, 0.25) is 0 Å². The van der Waals surface area contributed by atoms with Crippen molar-refractivity contribution in [2.24, 2.45) is 0 Å². The number of piperazine rings is 1. The molecule has 1 aliphatic heterocycles. The number of oxazole rings is 1. The maximum Gasteiger partial charge on any atom is 0.246 e. The van der Waals surface area contributed by atoms with Gasteiger partial charge in [-0.3, -0.25) is 9.78 Å². The van der Waals surface area contributed by atoms with Crippen LogP contribution in [-0.4, -0.2) is 47.0 Å². The zero-order valence-corrected chi connectivity index (χ0v) is 14.3. The molecule has 1 saturated heterocycles. The number of nitriles is 1. The van der Waals surface area contributed by atoms with E-state index in [0.29, 0.717) is 49.6 Å². The van der Waals surface area contributed by atoms with Crippen molar-refractivity contribution >= 4 is 17.9 Å². The lowest BCUT2D eigenvalue weighted by atomic mass is 10.2. The van der Waals surface area contributed by atoms with E-state index in [9.17, 15) is 10.1 Å². The summed E-state index contributed by atoms with van der Waals surface area (Å²) in [6.45, 7) is 2.42. The van der Waals surface area contributed by atoms with Crippen LogP contribution in [0.3, 0.4) is 0 Å². The second kappa shape index (κ2) is 7.00. The Morgan fingerprint density at radius 1 is 1.31 bits per heavy atom. The molecule has 4 rings (SSSR count). The summed E-state index contributed by atoms with van der Waals surface area (Å²) in [5.74, 6) is 1.57. The van der Waals surface area contributed by atoms with Gasteiger partial charge in [-0.15, -0.1) is 0 Å². The normalized spacial score (nSPS) is 17.5. The second-order valence-electron chi connectivity index (χ2n) is 6.52. The van der Waals surface area contributed by atoms with Crippen LogP contribution in [0.1, 0.15) is 35.9 Å². The van der Waals surface area contributed by atoms with Crippen LogP contribution < -0.4 is 4.90 Å². The maximum absolute atomic E-state index is 12.4. The highest BCUT2D eigenvalue weighted by Gasteiger charge is 2.32. The highest BCUT2D eigenvalue weighted by molar-refractivity contribution is 5.91. The van der Waals surface area contributed by atoms with Gasteiger partial charge in [0, 0.05) is 50.6 Å². The number of hydrogen-bond acceptors (Lipinski definition) is 6. The summed E-state index contributed by atoms with van der Waals surface area (Å²) in [6, 6.07) is 5.86. The second-order valence-corrected chi connectivity index (χ2v) is 6.52. The molecular weight excluding hydrogens is 330 g/mol. The number of carbonyl (C=O) groups excluding carboxylic acids is 1. The van der Waals surface area contributed by atoms with Crippen LogP contribution in [0, 0.1) is 11.3 Å². The summed E-state index contributed by atoms with van der Waals surface area (Å²) in [7, 11) is 0. The first-order valence-corrected chi connectivity index (χ1v) is 8.77. The molecule has 26 heavy (non-hydrogen) atoms. The number of anilines is 1. The molecule has 0 atom stereocenters. The van der Waals surface area contributed by atoms with Crippen LogP contribution in [-0.2, 0) is 4.79 Å². The Balaban J connectivity index is 1.37. The Bertz CT molecular complexity index is 856. The number of carbonyl (C=O) groups is 1. The molecule has 1 amide bonds. The monoisotopic (exact) mass is 349 g/mol. The molecule has 7 nitrogen and oxygen atoms in total. The van der Waals surface area contributed by atoms with E-state index in [-0.39, 0.29) is 5.91 Å². The molecule has 3 heterocycles. The third-order valence-electron chi connectivity index (χ3n) is 4.64. The van der Waals surface area contributed by atoms with Crippen molar-refractivity contribution in [2.75, 3.05) is 31.1 Å². The van der Waals surface area contributed by atoms with E-state index in [1.165, 1.54) is 0 Å². The van der Waals surface area contributed by atoms with Crippen LogP contribution in [0.15, 0.2) is 35.0 Å². The first kappa shape index (κ1) is 16.3. The topological polar surface area (TPSA) is 86.3 Å².